The van der Waals surface area contributed by atoms with Crippen molar-refractivity contribution in [1.82, 2.24) is 0 Å². The monoisotopic (exact) mass is 532 g/mol. The Bertz CT molecular complexity index is 815. The van der Waals surface area contributed by atoms with E-state index in [0.29, 0.717) is 6.42 Å². The molecule has 0 spiro atoms. The Labute approximate surface area is 230 Å². The fraction of sp³-hybridized carbons (Fsp3) is 0.656. The minimum atomic E-state index is -0.828. The molecule has 1 heterocycles. The normalized spacial score (nSPS) is 40.7. The minimum absolute atomic E-state index is 0.0366. The Morgan fingerprint density at radius 1 is 0.921 bits per heavy atom. The summed E-state index contributed by atoms with van der Waals surface area (Å²) in [6.45, 7) is 15.5. The van der Waals surface area contributed by atoms with Gasteiger partial charge in [0.25, 0.3) is 0 Å². The summed E-state index contributed by atoms with van der Waals surface area (Å²) in [6, 6.07) is 0. The van der Waals surface area contributed by atoms with Crippen LogP contribution in [0.15, 0.2) is 61.3 Å². The number of carbonyl (C=O) groups is 1. The van der Waals surface area contributed by atoms with Gasteiger partial charge in [-0.05, 0) is 31.1 Å². The van der Waals surface area contributed by atoms with Gasteiger partial charge in [-0.2, -0.15) is 0 Å². The Morgan fingerprint density at radius 2 is 1.61 bits per heavy atom. The fourth-order valence-electron chi connectivity index (χ4n) is 5.04. The van der Waals surface area contributed by atoms with Crippen molar-refractivity contribution in [2.24, 2.45) is 35.5 Å². The highest BCUT2D eigenvalue weighted by atomic mass is 16.5. The Balaban J connectivity index is 3.17. The standard InChI is InChI=1S/C32H52O6/c1-8-9-12-24(5)32-26(7)28(34)18-15-21(2)19-25(6)31(37)23(4)16-17-27(33)20-29(35)22(3)13-10-11-14-30(36)38-32/h8-14,16-17,21-29,31-35,37H,1,15,18-20H2,2-7H3/b12-9-,13-10+,14-11+,17-16-/t21-,22-,23-,24-,25+,26-,27+,28-,29-,31-,32-/m0/s1. The first-order valence-electron chi connectivity index (χ1n) is 14.1. The van der Waals surface area contributed by atoms with E-state index < -0.39 is 36.5 Å². The zero-order valence-corrected chi connectivity index (χ0v) is 24.2. The van der Waals surface area contributed by atoms with Gasteiger partial charge in [0.2, 0.25) is 0 Å². The summed E-state index contributed by atoms with van der Waals surface area (Å²) in [4.78, 5) is 12.6. The number of carbonyl (C=O) groups excluding carboxylic acids is 1. The molecule has 1 aliphatic heterocycles. The number of ether oxygens (including phenoxy) is 1. The molecular weight excluding hydrogens is 480 g/mol. The average Bonchev–Trinajstić information content (AvgIpc) is 2.88. The first-order valence-corrected chi connectivity index (χ1v) is 14.1. The van der Waals surface area contributed by atoms with Crippen LogP contribution < -0.4 is 0 Å². The van der Waals surface area contributed by atoms with Crippen LogP contribution in [0.3, 0.4) is 0 Å². The Hall–Kier alpha value is -1.99. The van der Waals surface area contributed by atoms with Gasteiger partial charge in [-0.25, -0.2) is 4.79 Å². The Kier molecular flexibility index (Phi) is 15.7. The van der Waals surface area contributed by atoms with Gasteiger partial charge in [0.05, 0.1) is 24.4 Å². The van der Waals surface area contributed by atoms with Crippen LogP contribution in [0.2, 0.25) is 0 Å². The molecule has 6 nitrogen and oxygen atoms in total. The van der Waals surface area contributed by atoms with Gasteiger partial charge in [0.15, 0.2) is 0 Å². The second-order valence-corrected chi connectivity index (χ2v) is 11.4. The van der Waals surface area contributed by atoms with Crippen molar-refractivity contribution in [3.63, 3.8) is 0 Å². The van der Waals surface area contributed by atoms with Crippen molar-refractivity contribution in [2.75, 3.05) is 0 Å². The van der Waals surface area contributed by atoms with E-state index in [9.17, 15) is 25.2 Å². The summed E-state index contributed by atoms with van der Waals surface area (Å²) < 4.78 is 5.81. The van der Waals surface area contributed by atoms with Gasteiger partial charge in [-0.3, -0.25) is 0 Å². The molecule has 6 heteroatoms. The maximum absolute atomic E-state index is 12.6. The van der Waals surface area contributed by atoms with Crippen molar-refractivity contribution in [2.45, 2.75) is 97.7 Å². The summed E-state index contributed by atoms with van der Waals surface area (Å²) in [5.74, 6) is -0.976. The molecule has 0 amide bonds. The average molecular weight is 533 g/mol. The summed E-state index contributed by atoms with van der Waals surface area (Å²) in [6.07, 6.45) is 14.2. The predicted octanol–water partition coefficient (Wildman–Crippen LogP) is 5.14. The van der Waals surface area contributed by atoms with E-state index in [4.69, 9.17) is 4.74 Å². The number of allylic oxidation sites excluding steroid dienone is 4. The maximum Gasteiger partial charge on any atom is 0.331 e. The lowest BCUT2D eigenvalue weighted by Crippen LogP contribution is -2.37. The van der Waals surface area contributed by atoms with Crippen molar-refractivity contribution in [1.29, 1.82) is 0 Å². The first-order chi connectivity index (χ1) is 17.9. The second kappa shape index (κ2) is 17.6. The van der Waals surface area contributed by atoms with E-state index in [2.05, 4.69) is 13.5 Å². The molecule has 0 aromatic rings. The SMILES string of the molecule is C=C/C=C\[C@H](C)[C@@H]1OC(=O)/C=C/C=C/[C@H](C)[C@@H](O)C[C@H](O)/C=C\[C@H](C)[C@H](O)[C@H](C)C[C@@H](C)CC[C@H](O)[C@@H]1C. The largest absolute Gasteiger partial charge is 0.458 e. The Morgan fingerprint density at radius 3 is 2.26 bits per heavy atom. The lowest BCUT2D eigenvalue weighted by molar-refractivity contribution is -0.150. The third kappa shape index (κ3) is 12.2. The van der Waals surface area contributed by atoms with Crippen LogP contribution >= 0.6 is 0 Å². The molecule has 1 aliphatic rings. The van der Waals surface area contributed by atoms with Gasteiger partial charge < -0.3 is 25.2 Å². The molecule has 1 rings (SSSR count). The van der Waals surface area contributed by atoms with Crippen LogP contribution in [0.25, 0.3) is 0 Å². The second-order valence-electron chi connectivity index (χ2n) is 11.4. The molecule has 38 heavy (non-hydrogen) atoms. The lowest BCUT2D eigenvalue weighted by Gasteiger charge is -2.31. The van der Waals surface area contributed by atoms with Crippen LogP contribution in [-0.4, -0.2) is 56.9 Å². The highest BCUT2D eigenvalue weighted by molar-refractivity contribution is 5.82. The topological polar surface area (TPSA) is 107 Å². The van der Waals surface area contributed by atoms with Crippen LogP contribution in [0.1, 0.15) is 67.2 Å². The maximum atomic E-state index is 12.6. The van der Waals surface area contributed by atoms with Crippen LogP contribution in [-0.2, 0) is 9.53 Å². The molecule has 0 unspecified atom stereocenters. The van der Waals surface area contributed by atoms with Crippen LogP contribution in [0.4, 0.5) is 0 Å². The highest BCUT2D eigenvalue weighted by Crippen LogP contribution is 2.28. The first kappa shape index (κ1) is 34.0. The van der Waals surface area contributed by atoms with E-state index >= 15 is 0 Å². The molecule has 216 valence electrons. The molecule has 0 bridgehead atoms. The lowest BCUT2D eigenvalue weighted by atomic mass is 9.82. The molecule has 0 saturated heterocycles. The van der Waals surface area contributed by atoms with Crippen LogP contribution in [0.5, 0.6) is 0 Å². The van der Waals surface area contributed by atoms with Gasteiger partial charge in [-0.15, -0.1) is 0 Å². The van der Waals surface area contributed by atoms with Crippen molar-refractivity contribution in [3.05, 3.63) is 61.3 Å². The third-order valence-electron chi connectivity index (χ3n) is 7.78. The molecule has 0 aromatic heterocycles. The third-order valence-corrected chi connectivity index (χ3v) is 7.78. The zero-order chi connectivity index (χ0) is 28.8. The summed E-state index contributed by atoms with van der Waals surface area (Å²) >= 11 is 0. The molecule has 11 atom stereocenters. The van der Waals surface area contributed by atoms with Gasteiger partial charge in [0.1, 0.15) is 6.10 Å². The molecule has 0 aliphatic carbocycles. The number of aliphatic hydroxyl groups excluding tert-OH is 4. The summed E-state index contributed by atoms with van der Waals surface area (Å²) in [5, 5.41) is 42.7. The molecule has 0 saturated carbocycles. The van der Waals surface area contributed by atoms with Gasteiger partial charge >= 0.3 is 5.97 Å². The molecule has 0 fully saturated rings. The van der Waals surface area contributed by atoms with E-state index in [-0.39, 0.29) is 41.9 Å². The number of cyclic esters (lactones) is 1. The van der Waals surface area contributed by atoms with E-state index in [1.165, 1.54) is 6.08 Å². The number of hydrogen-bond donors (Lipinski definition) is 4. The van der Waals surface area contributed by atoms with Gasteiger partial charge in [0, 0.05) is 36.2 Å². The van der Waals surface area contributed by atoms with Crippen molar-refractivity contribution < 1.29 is 30.0 Å². The predicted molar refractivity (Wildman–Crippen MR) is 154 cm³/mol. The molecule has 0 radical (unpaired) electrons. The fourth-order valence-corrected chi connectivity index (χ4v) is 5.04. The number of aliphatic hydroxyl groups is 4. The molecule has 0 aromatic carbocycles. The van der Waals surface area contributed by atoms with E-state index in [1.54, 1.807) is 30.4 Å². The number of rotatable bonds is 3. The zero-order valence-electron chi connectivity index (χ0n) is 24.2. The minimum Gasteiger partial charge on any atom is -0.458 e. The quantitative estimate of drug-likeness (QED) is 0.228. The van der Waals surface area contributed by atoms with Crippen LogP contribution in [0, 0.1) is 35.5 Å². The number of esters is 1. The number of hydrogen-bond acceptors (Lipinski definition) is 6. The summed E-state index contributed by atoms with van der Waals surface area (Å²) in [5.41, 5.74) is 0. The van der Waals surface area contributed by atoms with E-state index in [1.807, 2.05) is 52.8 Å². The van der Waals surface area contributed by atoms with Gasteiger partial charge in [-0.1, -0.05) is 96.7 Å². The van der Waals surface area contributed by atoms with Crippen molar-refractivity contribution >= 4 is 5.97 Å². The highest BCUT2D eigenvalue weighted by Gasteiger charge is 2.31. The smallest absolute Gasteiger partial charge is 0.331 e. The van der Waals surface area contributed by atoms with Crippen molar-refractivity contribution in [3.8, 4) is 0 Å². The summed E-state index contributed by atoms with van der Waals surface area (Å²) in [7, 11) is 0. The molecular formula is C32H52O6. The molecule has 4 N–H and O–H groups in total. The van der Waals surface area contributed by atoms with E-state index in [0.717, 1.165) is 12.8 Å².